The lowest BCUT2D eigenvalue weighted by atomic mass is 10.1. The monoisotopic (exact) mass is 214 g/mol. The van der Waals surface area contributed by atoms with E-state index in [4.69, 9.17) is 0 Å². The van der Waals surface area contributed by atoms with Crippen molar-refractivity contribution in [3.8, 4) is 5.75 Å². The van der Waals surface area contributed by atoms with Crippen molar-refractivity contribution in [1.29, 1.82) is 0 Å². The second kappa shape index (κ2) is 2.97. The second-order valence-electron chi connectivity index (χ2n) is 3.73. The van der Waals surface area contributed by atoms with Crippen molar-refractivity contribution >= 4 is 31.5 Å². The van der Waals surface area contributed by atoms with E-state index in [-0.39, 0.29) is 0 Å². The highest BCUT2D eigenvalue weighted by Crippen LogP contribution is 2.36. The zero-order chi connectivity index (χ0) is 10.4. The molecule has 0 amide bonds. The van der Waals surface area contributed by atoms with Crippen LogP contribution in [0, 0.1) is 6.92 Å². The van der Waals surface area contributed by atoms with Gasteiger partial charge in [0.05, 0.1) is 0 Å². The van der Waals surface area contributed by atoms with Crippen LogP contribution in [0.25, 0.3) is 20.2 Å². The minimum atomic E-state index is 0.337. The molecule has 0 atom stereocenters. The molecule has 3 rings (SSSR count). The summed E-state index contributed by atoms with van der Waals surface area (Å²) in [6.07, 6.45) is 0. The standard InChI is InChI=1S/C13H10OS/c1-8-3-2-4-10-11-7-9(14)5-6-12(11)15-13(8)10/h2-7,14H,1H3. The van der Waals surface area contributed by atoms with Crippen LogP contribution in [0.4, 0.5) is 0 Å². The third-order valence-corrected chi connectivity index (χ3v) is 4.00. The number of phenols is 1. The van der Waals surface area contributed by atoms with E-state index in [0.717, 1.165) is 5.39 Å². The van der Waals surface area contributed by atoms with E-state index in [0.29, 0.717) is 5.75 Å². The molecular formula is C13H10OS. The Labute approximate surface area is 91.6 Å². The smallest absolute Gasteiger partial charge is 0.116 e. The van der Waals surface area contributed by atoms with Crippen molar-refractivity contribution in [2.75, 3.05) is 0 Å². The molecule has 1 N–H and O–H groups in total. The molecule has 74 valence electrons. The maximum absolute atomic E-state index is 9.48. The summed E-state index contributed by atoms with van der Waals surface area (Å²) in [6, 6.07) is 11.9. The van der Waals surface area contributed by atoms with E-state index in [9.17, 15) is 5.11 Å². The molecule has 0 radical (unpaired) electrons. The van der Waals surface area contributed by atoms with Crippen LogP contribution in [-0.2, 0) is 0 Å². The first-order valence-electron chi connectivity index (χ1n) is 4.86. The lowest BCUT2D eigenvalue weighted by molar-refractivity contribution is 0.476. The molecule has 0 fully saturated rings. The van der Waals surface area contributed by atoms with Crippen LogP contribution in [-0.4, -0.2) is 5.11 Å². The Kier molecular flexibility index (Phi) is 1.73. The Balaban J connectivity index is 2.58. The van der Waals surface area contributed by atoms with Crippen molar-refractivity contribution in [3.63, 3.8) is 0 Å². The summed E-state index contributed by atoms with van der Waals surface area (Å²) in [6.45, 7) is 2.12. The van der Waals surface area contributed by atoms with Gasteiger partial charge in [-0.1, -0.05) is 18.2 Å². The topological polar surface area (TPSA) is 20.2 Å². The summed E-state index contributed by atoms with van der Waals surface area (Å²) in [5, 5.41) is 11.9. The third kappa shape index (κ3) is 1.22. The normalized spacial score (nSPS) is 11.3. The van der Waals surface area contributed by atoms with Crippen molar-refractivity contribution in [3.05, 3.63) is 42.0 Å². The predicted molar refractivity (Wildman–Crippen MR) is 65.7 cm³/mol. The maximum Gasteiger partial charge on any atom is 0.116 e. The molecule has 3 aromatic rings. The average molecular weight is 214 g/mol. The second-order valence-corrected chi connectivity index (χ2v) is 4.79. The SMILES string of the molecule is Cc1cccc2c1sc1ccc(O)cc12. The quantitative estimate of drug-likeness (QED) is 0.598. The third-order valence-electron chi connectivity index (χ3n) is 2.68. The first-order valence-corrected chi connectivity index (χ1v) is 5.68. The van der Waals surface area contributed by atoms with E-state index < -0.39 is 0 Å². The predicted octanol–water partition coefficient (Wildman–Crippen LogP) is 4.07. The van der Waals surface area contributed by atoms with Crippen LogP contribution < -0.4 is 0 Å². The maximum atomic E-state index is 9.48. The molecule has 0 aliphatic heterocycles. The lowest BCUT2D eigenvalue weighted by Crippen LogP contribution is -1.70. The van der Waals surface area contributed by atoms with Crippen LogP contribution >= 0.6 is 11.3 Å². The van der Waals surface area contributed by atoms with Gasteiger partial charge in [0.25, 0.3) is 0 Å². The molecule has 0 spiro atoms. The highest BCUT2D eigenvalue weighted by atomic mass is 32.1. The van der Waals surface area contributed by atoms with E-state index in [2.05, 4.69) is 25.1 Å². The van der Waals surface area contributed by atoms with Crippen LogP contribution in [0.3, 0.4) is 0 Å². The van der Waals surface area contributed by atoms with Gasteiger partial charge in [0, 0.05) is 20.2 Å². The Bertz CT molecular complexity index is 652. The largest absolute Gasteiger partial charge is 0.508 e. The van der Waals surface area contributed by atoms with Gasteiger partial charge in [0.1, 0.15) is 5.75 Å². The number of benzene rings is 2. The van der Waals surface area contributed by atoms with Crippen molar-refractivity contribution in [2.24, 2.45) is 0 Å². The van der Waals surface area contributed by atoms with Gasteiger partial charge in [-0.25, -0.2) is 0 Å². The summed E-state index contributed by atoms with van der Waals surface area (Å²) >= 11 is 1.79. The Hall–Kier alpha value is -1.54. The van der Waals surface area contributed by atoms with Gasteiger partial charge in [-0.3, -0.25) is 0 Å². The molecular weight excluding hydrogens is 204 g/mol. The zero-order valence-corrected chi connectivity index (χ0v) is 9.14. The summed E-state index contributed by atoms with van der Waals surface area (Å²) in [5.74, 6) is 0.337. The zero-order valence-electron chi connectivity index (χ0n) is 8.32. The van der Waals surface area contributed by atoms with Crippen LogP contribution in [0.15, 0.2) is 36.4 Å². The summed E-state index contributed by atoms with van der Waals surface area (Å²) in [7, 11) is 0. The minimum Gasteiger partial charge on any atom is -0.508 e. The highest BCUT2D eigenvalue weighted by molar-refractivity contribution is 7.26. The summed E-state index contributed by atoms with van der Waals surface area (Å²) in [4.78, 5) is 0. The number of hydrogen-bond acceptors (Lipinski definition) is 2. The number of phenolic OH excluding ortho intramolecular Hbond substituents is 1. The fourth-order valence-corrected chi connectivity index (χ4v) is 3.08. The molecule has 0 aliphatic rings. The van der Waals surface area contributed by atoms with Gasteiger partial charge >= 0.3 is 0 Å². The van der Waals surface area contributed by atoms with Crippen molar-refractivity contribution < 1.29 is 5.11 Å². The molecule has 1 heterocycles. The van der Waals surface area contributed by atoms with Crippen LogP contribution in [0.2, 0.25) is 0 Å². The lowest BCUT2D eigenvalue weighted by Gasteiger charge is -1.94. The van der Waals surface area contributed by atoms with Gasteiger partial charge in [-0.05, 0) is 30.7 Å². The number of aryl methyl sites for hydroxylation is 1. The molecule has 0 aliphatic carbocycles. The fourth-order valence-electron chi connectivity index (χ4n) is 1.93. The molecule has 0 saturated heterocycles. The van der Waals surface area contributed by atoms with Crippen molar-refractivity contribution in [1.82, 2.24) is 0 Å². The first-order chi connectivity index (χ1) is 7.25. The van der Waals surface area contributed by atoms with Gasteiger partial charge < -0.3 is 5.11 Å². The molecule has 0 saturated carbocycles. The molecule has 0 unspecified atom stereocenters. The van der Waals surface area contributed by atoms with Gasteiger partial charge in [-0.2, -0.15) is 0 Å². The van der Waals surface area contributed by atoms with E-state index in [1.165, 1.54) is 20.3 Å². The van der Waals surface area contributed by atoms with Gasteiger partial charge in [-0.15, -0.1) is 11.3 Å². The molecule has 15 heavy (non-hydrogen) atoms. The Morgan fingerprint density at radius 2 is 1.93 bits per heavy atom. The van der Waals surface area contributed by atoms with Gasteiger partial charge in [0.2, 0.25) is 0 Å². The number of hydrogen-bond donors (Lipinski definition) is 1. The Morgan fingerprint density at radius 1 is 1.07 bits per heavy atom. The molecule has 2 aromatic carbocycles. The van der Waals surface area contributed by atoms with E-state index in [1.54, 1.807) is 17.4 Å². The fraction of sp³-hybridized carbons (Fsp3) is 0.0769. The number of fused-ring (bicyclic) bond motifs is 3. The molecule has 2 heteroatoms. The first kappa shape index (κ1) is 8.74. The van der Waals surface area contributed by atoms with Crippen LogP contribution in [0.1, 0.15) is 5.56 Å². The number of aromatic hydroxyl groups is 1. The van der Waals surface area contributed by atoms with Crippen molar-refractivity contribution in [2.45, 2.75) is 6.92 Å². The number of rotatable bonds is 0. The van der Waals surface area contributed by atoms with Gasteiger partial charge in [0.15, 0.2) is 0 Å². The minimum absolute atomic E-state index is 0.337. The van der Waals surface area contributed by atoms with E-state index >= 15 is 0 Å². The van der Waals surface area contributed by atoms with Crippen LogP contribution in [0.5, 0.6) is 5.75 Å². The van der Waals surface area contributed by atoms with E-state index in [1.807, 2.05) is 12.1 Å². The summed E-state index contributed by atoms with van der Waals surface area (Å²) in [5.41, 5.74) is 1.30. The Morgan fingerprint density at radius 3 is 2.80 bits per heavy atom. The average Bonchev–Trinajstić information content (AvgIpc) is 2.58. The highest BCUT2D eigenvalue weighted by Gasteiger charge is 2.06. The molecule has 1 nitrogen and oxygen atoms in total. The summed E-state index contributed by atoms with van der Waals surface area (Å²) < 4.78 is 2.55. The molecule has 0 bridgehead atoms. The molecule has 1 aromatic heterocycles. The number of thiophene rings is 1.